The second-order valence-corrected chi connectivity index (χ2v) is 17.7. The molecule has 58 heavy (non-hydrogen) atoms. The molecule has 0 aliphatic carbocycles. The molecule has 0 saturated carbocycles. The highest BCUT2D eigenvalue weighted by atomic mass is 16.6. The topological polar surface area (TPSA) is 102 Å². The summed E-state index contributed by atoms with van der Waals surface area (Å²) in [6.07, 6.45) is 46.2. The number of esters is 2. The van der Waals surface area contributed by atoms with E-state index in [0.29, 0.717) is 12.8 Å². The highest BCUT2D eigenvalue weighted by molar-refractivity contribution is 5.70. The van der Waals surface area contributed by atoms with E-state index in [1.54, 1.807) is 21.1 Å². The largest absolute Gasteiger partial charge is 0.544 e. The van der Waals surface area contributed by atoms with Gasteiger partial charge in [0.25, 0.3) is 0 Å². The molecule has 2 unspecified atom stereocenters. The Morgan fingerprint density at radius 3 is 1.31 bits per heavy atom. The lowest BCUT2D eigenvalue weighted by Gasteiger charge is -2.34. The molecule has 0 aromatic heterocycles. The maximum Gasteiger partial charge on any atom is 0.306 e. The highest BCUT2D eigenvalue weighted by Crippen LogP contribution is 2.16. The van der Waals surface area contributed by atoms with Crippen molar-refractivity contribution in [2.45, 2.75) is 238 Å². The van der Waals surface area contributed by atoms with Gasteiger partial charge in [0, 0.05) is 19.3 Å². The monoisotopic (exact) mass is 820 g/mol. The summed E-state index contributed by atoms with van der Waals surface area (Å²) in [4.78, 5) is 36.9. The molecule has 0 radical (unpaired) electrons. The third kappa shape index (κ3) is 39.3. The van der Waals surface area contributed by atoms with E-state index in [1.807, 2.05) is 0 Å². The number of unbranched alkanes of at least 4 members (excludes halogenated alkanes) is 27. The quantitative estimate of drug-likeness (QED) is 0.0261. The predicted molar refractivity (Wildman–Crippen MR) is 240 cm³/mol. The Hall–Kier alpha value is -2.19. The molecule has 0 aliphatic rings. The number of carboxylic acid groups (broad SMARTS) is 1. The molecule has 8 nitrogen and oxygen atoms in total. The summed E-state index contributed by atoms with van der Waals surface area (Å²) >= 11 is 0. The number of aliphatic carboxylic acids is 1. The molecule has 0 bridgehead atoms. The van der Waals surface area contributed by atoms with Gasteiger partial charge in [-0.05, 0) is 38.5 Å². The minimum Gasteiger partial charge on any atom is -0.544 e. The molecule has 0 aromatic rings. The smallest absolute Gasteiger partial charge is 0.306 e. The minimum absolute atomic E-state index is 0.0437. The van der Waals surface area contributed by atoms with Gasteiger partial charge in [0.1, 0.15) is 12.6 Å². The Bertz CT molecular complexity index is 1000. The summed E-state index contributed by atoms with van der Waals surface area (Å²) in [6.45, 7) is 4.67. The molecule has 0 fully saturated rings. The average Bonchev–Trinajstić information content (AvgIpc) is 3.18. The fourth-order valence-corrected chi connectivity index (χ4v) is 7.30. The van der Waals surface area contributed by atoms with Crippen LogP contribution in [0.15, 0.2) is 24.3 Å². The lowest BCUT2D eigenvalue weighted by Crippen LogP contribution is -2.55. The zero-order chi connectivity index (χ0) is 42.8. The number of likely N-dealkylation sites (N-methyl/N-ethyl adjacent to an activating group) is 1. The third-order valence-electron chi connectivity index (χ3n) is 11.1. The zero-order valence-corrected chi connectivity index (χ0v) is 38.7. The van der Waals surface area contributed by atoms with E-state index in [1.165, 1.54) is 154 Å². The zero-order valence-electron chi connectivity index (χ0n) is 38.7. The van der Waals surface area contributed by atoms with Crippen LogP contribution in [0, 0.1) is 0 Å². The van der Waals surface area contributed by atoms with Gasteiger partial charge < -0.3 is 28.6 Å². The van der Waals surface area contributed by atoms with E-state index < -0.39 is 18.1 Å². The molecule has 0 aromatic carbocycles. The van der Waals surface area contributed by atoms with E-state index in [9.17, 15) is 19.5 Å². The number of rotatable bonds is 44. The van der Waals surface area contributed by atoms with Crippen LogP contribution < -0.4 is 5.11 Å². The van der Waals surface area contributed by atoms with Crippen molar-refractivity contribution < 1.29 is 38.2 Å². The van der Waals surface area contributed by atoms with Gasteiger partial charge in [-0.15, -0.1) is 0 Å². The molecule has 0 heterocycles. The number of carboxylic acids is 1. The van der Waals surface area contributed by atoms with Crippen molar-refractivity contribution in [1.82, 2.24) is 0 Å². The van der Waals surface area contributed by atoms with Gasteiger partial charge in [-0.2, -0.15) is 0 Å². The van der Waals surface area contributed by atoms with Crippen molar-refractivity contribution in [2.75, 3.05) is 41.0 Å². The Morgan fingerprint density at radius 2 is 0.897 bits per heavy atom. The van der Waals surface area contributed by atoms with Crippen molar-refractivity contribution in [2.24, 2.45) is 0 Å². The second-order valence-electron chi connectivity index (χ2n) is 17.7. The average molecular weight is 820 g/mol. The molecule has 0 spiro atoms. The van der Waals surface area contributed by atoms with Crippen molar-refractivity contribution >= 4 is 17.9 Å². The molecule has 0 amide bonds. The maximum absolute atomic E-state index is 12.8. The van der Waals surface area contributed by atoms with Gasteiger partial charge in [-0.3, -0.25) is 9.59 Å². The first-order valence-corrected chi connectivity index (χ1v) is 24.4. The molecule has 0 rings (SSSR count). The van der Waals surface area contributed by atoms with Crippen molar-refractivity contribution in [3.63, 3.8) is 0 Å². The number of allylic oxidation sites excluding steroid dienone is 4. The van der Waals surface area contributed by atoms with Gasteiger partial charge in [-0.25, -0.2) is 0 Å². The number of carbonyl (C=O) groups is 3. The summed E-state index contributed by atoms with van der Waals surface area (Å²) in [5.41, 5.74) is 0. The van der Waals surface area contributed by atoms with E-state index in [2.05, 4.69) is 38.2 Å². The lowest BCUT2D eigenvalue weighted by molar-refractivity contribution is -0.889. The standard InChI is InChI=1S/C50H93NO7/c1-6-8-10-12-14-16-18-20-22-23-24-25-26-27-29-31-33-35-37-39-41-49(53)58-46(44-56-43-42-47(50(54)55)51(3,4)5)45-57-48(52)40-38-36-34-32-30-28-21-19-17-15-13-11-9-7-2/h16,18,20,22,46-47H,6-15,17,19,21,23-45H2,1-5H3/b18-16+,22-20+. The highest BCUT2D eigenvalue weighted by Gasteiger charge is 2.25. The number of carbonyl (C=O) groups excluding carboxylic acids is 3. The van der Waals surface area contributed by atoms with Crippen LogP contribution in [0.25, 0.3) is 0 Å². The number of quaternary nitrogens is 1. The first-order valence-electron chi connectivity index (χ1n) is 24.4. The van der Waals surface area contributed by atoms with Crippen LogP contribution in [0.2, 0.25) is 0 Å². The predicted octanol–water partition coefficient (Wildman–Crippen LogP) is 12.3. The summed E-state index contributed by atoms with van der Waals surface area (Å²) < 4.78 is 17.2. The fraction of sp³-hybridized carbons (Fsp3) is 0.860. The summed E-state index contributed by atoms with van der Waals surface area (Å²) in [6, 6.07) is -0.723. The van der Waals surface area contributed by atoms with Crippen molar-refractivity contribution in [3.8, 4) is 0 Å². The molecule has 8 heteroatoms. The molecule has 0 N–H and O–H groups in total. The van der Waals surface area contributed by atoms with Crippen LogP contribution in [-0.2, 0) is 28.6 Å². The molecular formula is C50H93NO7. The van der Waals surface area contributed by atoms with E-state index in [0.717, 1.165) is 38.5 Å². The fourth-order valence-electron chi connectivity index (χ4n) is 7.30. The third-order valence-corrected chi connectivity index (χ3v) is 11.1. The first kappa shape index (κ1) is 55.8. The Morgan fingerprint density at radius 1 is 0.517 bits per heavy atom. The van der Waals surface area contributed by atoms with E-state index >= 15 is 0 Å². The molecule has 0 saturated heterocycles. The molecule has 0 aliphatic heterocycles. The van der Waals surface area contributed by atoms with Gasteiger partial charge in [0.05, 0.1) is 40.3 Å². The van der Waals surface area contributed by atoms with Gasteiger partial charge in [-0.1, -0.05) is 192 Å². The normalized spacial score (nSPS) is 13.1. The van der Waals surface area contributed by atoms with Gasteiger partial charge >= 0.3 is 11.9 Å². The van der Waals surface area contributed by atoms with E-state index in [-0.39, 0.29) is 42.7 Å². The van der Waals surface area contributed by atoms with Gasteiger partial charge in [0.2, 0.25) is 0 Å². The lowest BCUT2D eigenvalue weighted by atomic mass is 10.0. The van der Waals surface area contributed by atoms with Gasteiger partial charge in [0.15, 0.2) is 6.10 Å². The van der Waals surface area contributed by atoms with Crippen LogP contribution in [0.4, 0.5) is 0 Å². The van der Waals surface area contributed by atoms with Crippen LogP contribution in [0.1, 0.15) is 226 Å². The summed E-state index contributed by atoms with van der Waals surface area (Å²) in [5, 5.41) is 11.6. The summed E-state index contributed by atoms with van der Waals surface area (Å²) in [5.74, 6) is -1.72. The SMILES string of the molecule is CCCCCC/C=C/C=C/CCCCCCCCCCCCC(=O)OC(COCCC(C(=O)[O-])[N+](C)(C)C)COC(=O)CCCCCCCCCCCCCCCC. The van der Waals surface area contributed by atoms with Crippen molar-refractivity contribution in [3.05, 3.63) is 24.3 Å². The maximum atomic E-state index is 12.8. The number of nitrogens with zero attached hydrogens (tertiary/aromatic N) is 1. The first-order chi connectivity index (χ1) is 28.1. The number of hydrogen-bond donors (Lipinski definition) is 0. The number of ether oxygens (including phenoxy) is 3. The van der Waals surface area contributed by atoms with Crippen LogP contribution in [-0.4, -0.2) is 75.5 Å². The Labute approximate surface area is 358 Å². The number of hydrogen-bond acceptors (Lipinski definition) is 7. The Balaban J connectivity index is 4.25. The second kappa shape index (κ2) is 41.5. The minimum atomic E-state index is -1.12. The van der Waals surface area contributed by atoms with Crippen molar-refractivity contribution in [1.29, 1.82) is 0 Å². The Kier molecular flexibility index (Phi) is 40.0. The van der Waals surface area contributed by atoms with Crippen LogP contribution in [0.3, 0.4) is 0 Å². The molecule has 340 valence electrons. The van der Waals surface area contributed by atoms with Crippen LogP contribution in [0.5, 0.6) is 0 Å². The molecular weight excluding hydrogens is 727 g/mol. The summed E-state index contributed by atoms with van der Waals surface area (Å²) in [7, 11) is 5.42. The molecule has 2 atom stereocenters. The van der Waals surface area contributed by atoms with E-state index in [4.69, 9.17) is 14.2 Å². The van der Waals surface area contributed by atoms with Crippen LogP contribution >= 0.6 is 0 Å².